The molecule has 0 unspecified atom stereocenters. The zero-order valence-corrected chi connectivity index (χ0v) is 9.93. The van der Waals surface area contributed by atoms with Crippen LogP contribution in [0.2, 0.25) is 0 Å². The average molecular weight is 251 g/mol. The molecule has 6 nitrogen and oxygen atoms in total. The highest BCUT2D eigenvalue weighted by atomic mass is 16.3. The Hall–Kier alpha value is -2.08. The summed E-state index contributed by atoms with van der Waals surface area (Å²) in [5, 5.41) is 11.9. The Morgan fingerprint density at radius 2 is 2.11 bits per heavy atom. The van der Waals surface area contributed by atoms with Gasteiger partial charge in [0.25, 0.3) is 0 Å². The predicted molar refractivity (Wildman–Crippen MR) is 66.6 cm³/mol. The standard InChI is InChI=1S/C12H17N3O3/c13-10(7-11(14)17)12(18)15-5-4-8-2-1-3-9(16)6-8/h1-3,6,10,16H,4-5,7,13H2,(H2,14,17)(H,15,18)/t10-/m0/s1. The van der Waals surface area contributed by atoms with Crippen LogP contribution in [0.4, 0.5) is 0 Å². The maximum absolute atomic E-state index is 11.4. The number of primary amides is 1. The smallest absolute Gasteiger partial charge is 0.237 e. The van der Waals surface area contributed by atoms with Gasteiger partial charge in [0.2, 0.25) is 11.8 Å². The molecule has 0 saturated carbocycles. The fourth-order valence-corrected chi connectivity index (χ4v) is 1.48. The first-order valence-corrected chi connectivity index (χ1v) is 5.58. The molecule has 1 aromatic carbocycles. The molecule has 2 amide bonds. The molecule has 6 N–H and O–H groups in total. The number of hydrogen-bond donors (Lipinski definition) is 4. The van der Waals surface area contributed by atoms with Crippen molar-refractivity contribution in [3.63, 3.8) is 0 Å². The van der Waals surface area contributed by atoms with Gasteiger partial charge in [-0.15, -0.1) is 0 Å². The Labute approximate surface area is 105 Å². The quantitative estimate of drug-likeness (QED) is 0.532. The molecule has 98 valence electrons. The second kappa shape index (κ2) is 6.61. The van der Waals surface area contributed by atoms with Gasteiger partial charge >= 0.3 is 0 Å². The van der Waals surface area contributed by atoms with Gasteiger partial charge in [0, 0.05) is 6.54 Å². The molecule has 0 aromatic heterocycles. The van der Waals surface area contributed by atoms with Crippen LogP contribution in [0.5, 0.6) is 5.75 Å². The van der Waals surface area contributed by atoms with Crippen LogP contribution in [-0.4, -0.2) is 29.5 Å². The van der Waals surface area contributed by atoms with E-state index in [1.807, 2.05) is 6.07 Å². The molecule has 6 heteroatoms. The lowest BCUT2D eigenvalue weighted by atomic mass is 10.1. The molecule has 1 atom stereocenters. The maximum atomic E-state index is 11.4. The van der Waals surface area contributed by atoms with E-state index >= 15 is 0 Å². The Kier molecular flexibility index (Phi) is 5.13. The Morgan fingerprint density at radius 1 is 1.39 bits per heavy atom. The summed E-state index contributed by atoms with van der Waals surface area (Å²) >= 11 is 0. The van der Waals surface area contributed by atoms with Crippen LogP contribution in [0, 0.1) is 0 Å². The summed E-state index contributed by atoms with van der Waals surface area (Å²) in [7, 11) is 0. The average Bonchev–Trinajstić information content (AvgIpc) is 2.28. The molecule has 0 bridgehead atoms. The van der Waals surface area contributed by atoms with Gasteiger partial charge in [-0.25, -0.2) is 0 Å². The summed E-state index contributed by atoms with van der Waals surface area (Å²) in [5.74, 6) is -0.830. The van der Waals surface area contributed by atoms with Gasteiger partial charge in [0.15, 0.2) is 0 Å². The Balaban J connectivity index is 2.33. The van der Waals surface area contributed by atoms with Crippen LogP contribution < -0.4 is 16.8 Å². The van der Waals surface area contributed by atoms with E-state index in [-0.39, 0.29) is 12.2 Å². The first kappa shape index (κ1) is 14.0. The monoisotopic (exact) mass is 251 g/mol. The van der Waals surface area contributed by atoms with Gasteiger partial charge in [-0.3, -0.25) is 9.59 Å². The van der Waals surface area contributed by atoms with Crippen LogP contribution in [0.1, 0.15) is 12.0 Å². The van der Waals surface area contributed by atoms with Gasteiger partial charge < -0.3 is 21.9 Å². The molecule has 0 aliphatic heterocycles. The molecule has 18 heavy (non-hydrogen) atoms. The summed E-state index contributed by atoms with van der Waals surface area (Å²) in [6.07, 6.45) is 0.404. The van der Waals surface area contributed by atoms with E-state index in [1.165, 1.54) is 0 Å². The fraction of sp³-hybridized carbons (Fsp3) is 0.333. The van der Waals surface area contributed by atoms with Crippen molar-refractivity contribution < 1.29 is 14.7 Å². The highest BCUT2D eigenvalue weighted by Crippen LogP contribution is 2.10. The van der Waals surface area contributed by atoms with Crippen molar-refractivity contribution in [3.8, 4) is 5.75 Å². The normalized spacial score (nSPS) is 11.8. The van der Waals surface area contributed by atoms with Gasteiger partial charge in [0.1, 0.15) is 5.75 Å². The second-order valence-electron chi connectivity index (χ2n) is 3.99. The maximum Gasteiger partial charge on any atom is 0.237 e. The van der Waals surface area contributed by atoms with Crippen molar-refractivity contribution in [3.05, 3.63) is 29.8 Å². The number of aromatic hydroxyl groups is 1. The molecule has 0 spiro atoms. The zero-order valence-electron chi connectivity index (χ0n) is 9.93. The molecule has 0 aliphatic rings. The number of nitrogens with one attached hydrogen (secondary N) is 1. The molecule has 0 saturated heterocycles. The highest BCUT2D eigenvalue weighted by Gasteiger charge is 2.14. The number of benzene rings is 1. The third-order valence-electron chi connectivity index (χ3n) is 2.38. The van der Waals surface area contributed by atoms with Crippen LogP contribution in [0.25, 0.3) is 0 Å². The zero-order chi connectivity index (χ0) is 13.5. The minimum atomic E-state index is -0.910. The molecule has 0 heterocycles. The summed E-state index contributed by atoms with van der Waals surface area (Å²) in [4.78, 5) is 22.0. The van der Waals surface area contributed by atoms with Crippen molar-refractivity contribution in [2.45, 2.75) is 18.9 Å². The van der Waals surface area contributed by atoms with Crippen molar-refractivity contribution >= 4 is 11.8 Å². The molecule has 0 radical (unpaired) electrons. The van der Waals surface area contributed by atoms with E-state index in [0.29, 0.717) is 13.0 Å². The molecule has 1 aromatic rings. The first-order valence-electron chi connectivity index (χ1n) is 5.58. The molecular weight excluding hydrogens is 234 g/mol. The number of hydrogen-bond acceptors (Lipinski definition) is 4. The van der Waals surface area contributed by atoms with Gasteiger partial charge in [-0.05, 0) is 24.1 Å². The summed E-state index contributed by atoms with van der Waals surface area (Å²) in [6.45, 7) is 0.384. The lowest BCUT2D eigenvalue weighted by Crippen LogP contribution is -2.43. The van der Waals surface area contributed by atoms with E-state index < -0.39 is 17.9 Å². The third-order valence-corrected chi connectivity index (χ3v) is 2.38. The van der Waals surface area contributed by atoms with Crippen LogP contribution in [0.3, 0.4) is 0 Å². The fourth-order valence-electron chi connectivity index (χ4n) is 1.48. The summed E-state index contributed by atoms with van der Waals surface area (Å²) < 4.78 is 0. The first-order chi connectivity index (χ1) is 8.49. The predicted octanol–water partition coefficient (Wildman–Crippen LogP) is -0.746. The van der Waals surface area contributed by atoms with E-state index in [9.17, 15) is 14.7 Å². The van der Waals surface area contributed by atoms with Crippen molar-refractivity contribution in [2.75, 3.05) is 6.54 Å². The number of carbonyl (C=O) groups excluding carboxylic acids is 2. The number of carbonyl (C=O) groups is 2. The van der Waals surface area contributed by atoms with Crippen molar-refractivity contribution in [1.82, 2.24) is 5.32 Å². The molecule has 0 aliphatic carbocycles. The SMILES string of the molecule is NC(=O)C[C@H](N)C(=O)NCCc1cccc(O)c1. The Morgan fingerprint density at radius 3 is 2.72 bits per heavy atom. The number of phenols is 1. The third kappa shape index (κ3) is 4.84. The van der Waals surface area contributed by atoms with E-state index in [0.717, 1.165) is 5.56 Å². The Bertz CT molecular complexity index is 434. The second-order valence-corrected chi connectivity index (χ2v) is 3.99. The van der Waals surface area contributed by atoms with Gasteiger partial charge in [-0.1, -0.05) is 12.1 Å². The summed E-state index contributed by atoms with van der Waals surface area (Å²) in [6, 6.07) is 5.85. The molecular formula is C12H17N3O3. The minimum absolute atomic E-state index is 0.169. The van der Waals surface area contributed by atoms with Gasteiger partial charge in [-0.2, -0.15) is 0 Å². The summed E-state index contributed by atoms with van der Waals surface area (Å²) in [5.41, 5.74) is 11.3. The lowest BCUT2D eigenvalue weighted by Gasteiger charge is -2.10. The highest BCUT2D eigenvalue weighted by molar-refractivity contribution is 5.87. The van der Waals surface area contributed by atoms with Crippen molar-refractivity contribution in [1.29, 1.82) is 0 Å². The van der Waals surface area contributed by atoms with E-state index in [2.05, 4.69) is 5.32 Å². The van der Waals surface area contributed by atoms with E-state index in [4.69, 9.17) is 11.5 Å². The van der Waals surface area contributed by atoms with Gasteiger partial charge in [0.05, 0.1) is 12.5 Å². The van der Waals surface area contributed by atoms with Crippen LogP contribution >= 0.6 is 0 Å². The number of amides is 2. The van der Waals surface area contributed by atoms with E-state index in [1.54, 1.807) is 18.2 Å². The lowest BCUT2D eigenvalue weighted by molar-refractivity contribution is -0.126. The minimum Gasteiger partial charge on any atom is -0.508 e. The largest absolute Gasteiger partial charge is 0.508 e. The number of phenolic OH excluding ortho intramolecular Hbond substituents is 1. The molecule has 1 rings (SSSR count). The topological polar surface area (TPSA) is 118 Å². The molecule has 0 fully saturated rings. The number of rotatable bonds is 6. The van der Waals surface area contributed by atoms with Crippen LogP contribution in [0.15, 0.2) is 24.3 Å². The van der Waals surface area contributed by atoms with Crippen LogP contribution in [-0.2, 0) is 16.0 Å². The number of nitrogens with two attached hydrogens (primary N) is 2. The van der Waals surface area contributed by atoms with Crippen molar-refractivity contribution in [2.24, 2.45) is 11.5 Å².